The molecule has 0 bridgehead atoms. The highest BCUT2D eigenvalue weighted by Gasteiger charge is 2.07. The highest BCUT2D eigenvalue weighted by molar-refractivity contribution is 9.10. The van der Waals surface area contributed by atoms with Gasteiger partial charge >= 0.3 is 6.09 Å². The molecule has 0 spiro atoms. The van der Waals surface area contributed by atoms with E-state index in [-0.39, 0.29) is 13.2 Å². The molecule has 0 aliphatic heterocycles. The van der Waals surface area contributed by atoms with Crippen molar-refractivity contribution in [3.05, 3.63) is 64.1 Å². The first kappa shape index (κ1) is 17.8. The van der Waals surface area contributed by atoms with Crippen molar-refractivity contribution in [1.82, 2.24) is 10.9 Å². The lowest BCUT2D eigenvalue weighted by atomic mass is 10.1. The Hall–Kier alpha value is -2.54. The lowest BCUT2D eigenvalue weighted by Crippen LogP contribution is -2.44. The molecule has 2 aromatic rings. The third kappa shape index (κ3) is 6.29. The maximum Gasteiger partial charge on any atom is 0.426 e. The molecule has 0 aromatic heterocycles. The minimum Gasteiger partial charge on any atom is -0.484 e. The number of rotatable bonds is 5. The number of halogens is 1. The number of aryl methyl sites for hydroxylation is 1. The summed E-state index contributed by atoms with van der Waals surface area (Å²) in [7, 11) is 0. The van der Waals surface area contributed by atoms with Gasteiger partial charge in [0.25, 0.3) is 5.91 Å². The first-order valence-electron chi connectivity index (χ1n) is 7.18. The molecule has 24 heavy (non-hydrogen) atoms. The Balaban J connectivity index is 1.65. The molecule has 2 amide bonds. The molecule has 0 unspecified atom stereocenters. The summed E-state index contributed by atoms with van der Waals surface area (Å²) in [5.74, 6) is 0.0563. The molecular formula is C17H17BrN2O4. The monoisotopic (exact) mass is 392 g/mol. The summed E-state index contributed by atoms with van der Waals surface area (Å²) < 4.78 is 11.2. The van der Waals surface area contributed by atoms with Crippen LogP contribution < -0.4 is 15.6 Å². The molecule has 0 saturated carbocycles. The number of hydrazine groups is 1. The Labute approximate surface area is 148 Å². The SMILES string of the molecule is Cc1cccc(COC(=O)NNC(=O)COc2ccc(Br)cc2)c1. The summed E-state index contributed by atoms with van der Waals surface area (Å²) in [5, 5.41) is 0. The minimum absolute atomic E-state index is 0.124. The van der Waals surface area contributed by atoms with Gasteiger partial charge in [-0.2, -0.15) is 0 Å². The summed E-state index contributed by atoms with van der Waals surface area (Å²) in [4.78, 5) is 23.1. The van der Waals surface area contributed by atoms with E-state index in [1.54, 1.807) is 24.3 Å². The molecule has 0 atom stereocenters. The van der Waals surface area contributed by atoms with E-state index in [0.717, 1.165) is 15.6 Å². The van der Waals surface area contributed by atoms with Crippen molar-refractivity contribution in [2.45, 2.75) is 13.5 Å². The van der Waals surface area contributed by atoms with Gasteiger partial charge in [0, 0.05) is 4.47 Å². The van der Waals surface area contributed by atoms with Crippen LogP contribution in [0.2, 0.25) is 0 Å². The van der Waals surface area contributed by atoms with Crippen LogP contribution in [0.25, 0.3) is 0 Å². The van der Waals surface area contributed by atoms with Gasteiger partial charge in [-0.3, -0.25) is 10.2 Å². The highest BCUT2D eigenvalue weighted by atomic mass is 79.9. The van der Waals surface area contributed by atoms with E-state index in [1.807, 2.05) is 31.2 Å². The van der Waals surface area contributed by atoms with E-state index in [1.165, 1.54) is 0 Å². The van der Waals surface area contributed by atoms with E-state index < -0.39 is 12.0 Å². The Morgan fingerprint density at radius 2 is 1.83 bits per heavy atom. The number of amides is 2. The van der Waals surface area contributed by atoms with Crippen LogP contribution in [0.15, 0.2) is 53.0 Å². The summed E-state index contributed by atoms with van der Waals surface area (Å²) in [5.41, 5.74) is 6.33. The molecule has 2 rings (SSSR count). The highest BCUT2D eigenvalue weighted by Crippen LogP contribution is 2.15. The third-order valence-corrected chi connectivity index (χ3v) is 3.47. The number of carbonyl (C=O) groups excluding carboxylic acids is 2. The fraction of sp³-hybridized carbons (Fsp3) is 0.176. The Bertz CT molecular complexity index is 704. The molecule has 0 heterocycles. The molecule has 2 aromatic carbocycles. The van der Waals surface area contributed by atoms with E-state index >= 15 is 0 Å². The molecule has 0 radical (unpaired) electrons. The fourth-order valence-electron chi connectivity index (χ4n) is 1.82. The second-order valence-electron chi connectivity index (χ2n) is 4.98. The van der Waals surface area contributed by atoms with Crippen LogP contribution in [0.3, 0.4) is 0 Å². The van der Waals surface area contributed by atoms with Crippen molar-refractivity contribution in [3.63, 3.8) is 0 Å². The molecule has 0 aliphatic rings. The number of hydrogen-bond donors (Lipinski definition) is 2. The second-order valence-corrected chi connectivity index (χ2v) is 5.90. The lowest BCUT2D eigenvalue weighted by molar-refractivity contribution is -0.124. The standard InChI is InChI=1S/C17H17BrN2O4/c1-12-3-2-4-13(9-12)10-24-17(22)20-19-16(21)11-23-15-7-5-14(18)6-8-15/h2-9H,10-11H2,1H3,(H,19,21)(H,20,22). The number of hydrogen-bond acceptors (Lipinski definition) is 4. The van der Waals surface area contributed by atoms with E-state index in [0.29, 0.717) is 5.75 Å². The fourth-order valence-corrected chi connectivity index (χ4v) is 2.09. The van der Waals surface area contributed by atoms with Gasteiger partial charge in [0.1, 0.15) is 12.4 Å². The number of nitrogens with one attached hydrogen (secondary N) is 2. The van der Waals surface area contributed by atoms with Gasteiger partial charge in [0.15, 0.2) is 6.61 Å². The van der Waals surface area contributed by atoms with Gasteiger partial charge in [0.2, 0.25) is 0 Å². The maximum atomic E-state index is 11.6. The summed E-state index contributed by atoms with van der Waals surface area (Å²) in [6, 6.07) is 14.6. The van der Waals surface area contributed by atoms with Gasteiger partial charge in [-0.05, 0) is 36.8 Å². The number of ether oxygens (including phenoxy) is 2. The van der Waals surface area contributed by atoms with E-state index in [2.05, 4.69) is 26.8 Å². The van der Waals surface area contributed by atoms with Crippen molar-refractivity contribution in [3.8, 4) is 5.75 Å². The minimum atomic E-state index is -0.742. The van der Waals surface area contributed by atoms with Crippen molar-refractivity contribution < 1.29 is 19.1 Å². The molecular weight excluding hydrogens is 376 g/mol. The van der Waals surface area contributed by atoms with Crippen LogP contribution in [0.4, 0.5) is 4.79 Å². The van der Waals surface area contributed by atoms with Crippen LogP contribution in [0.5, 0.6) is 5.75 Å². The van der Waals surface area contributed by atoms with Gasteiger partial charge in [-0.1, -0.05) is 45.8 Å². The van der Waals surface area contributed by atoms with Crippen molar-refractivity contribution in [1.29, 1.82) is 0 Å². The maximum absolute atomic E-state index is 11.6. The van der Waals surface area contributed by atoms with Crippen LogP contribution in [0, 0.1) is 6.92 Å². The molecule has 126 valence electrons. The quantitative estimate of drug-likeness (QED) is 0.766. The third-order valence-electron chi connectivity index (χ3n) is 2.94. The van der Waals surface area contributed by atoms with Crippen molar-refractivity contribution in [2.24, 2.45) is 0 Å². The van der Waals surface area contributed by atoms with E-state index in [9.17, 15) is 9.59 Å². The van der Waals surface area contributed by atoms with Crippen LogP contribution >= 0.6 is 15.9 Å². The van der Waals surface area contributed by atoms with Gasteiger partial charge in [-0.15, -0.1) is 0 Å². The summed E-state index contributed by atoms with van der Waals surface area (Å²) in [6.07, 6.45) is -0.742. The Morgan fingerprint density at radius 1 is 1.08 bits per heavy atom. The largest absolute Gasteiger partial charge is 0.484 e. The van der Waals surface area contributed by atoms with E-state index in [4.69, 9.17) is 9.47 Å². The first-order valence-corrected chi connectivity index (χ1v) is 7.98. The van der Waals surface area contributed by atoms with Gasteiger partial charge in [0.05, 0.1) is 0 Å². The molecule has 0 aliphatic carbocycles. The Morgan fingerprint density at radius 3 is 2.54 bits per heavy atom. The first-order chi connectivity index (χ1) is 11.5. The molecule has 6 nitrogen and oxygen atoms in total. The average molecular weight is 393 g/mol. The smallest absolute Gasteiger partial charge is 0.426 e. The molecule has 7 heteroatoms. The zero-order valence-corrected chi connectivity index (χ0v) is 14.6. The second kappa shape index (κ2) is 8.93. The predicted molar refractivity (Wildman–Crippen MR) is 92.3 cm³/mol. The molecule has 0 fully saturated rings. The molecule has 2 N–H and O–H groups in total. The zero-order chi connectivity index (χ0) is 17.4. The Kier molecular flexibility index (Phi) is 6.62. The predicted octanol–water partition coefficient (Wildman–Crippen LogP) is 3.09. The van der Waals surface area contributed by atoms with Crippen molar-refractivity contribution >= 4 is 27.9 Å². The van der Waals surface area contributed by atoms with Gasteiger partial charge < -0.3 is 9.47 Å². The van der Waals surface area contributed by atoms with Crippen LogP contribution in [-0.2, 0) is 16.1 Å². The number of carbonyl (C=O) groups is 2. The summed E-state index contributed by atoms with van der Waals surface area (Å²) in [6.45, 7) is 1.85. The average Bonchev–Trinajstić information content (AvgIpc) is 2.57. The van der Waals surface area contributed by atoms with Crippen molar-refractivity contribution in [2.75, 3.05) is 6.61 Å². The van der Waals surface area contributed by atoms with Gasteiger partial charge in [-0.25, -0.2) is 10.2 Å². The lowest BCUT2D eigenvalue weighted by Gasteiger charge is -2.09. The van der Waals surface area contributed by atoms with Crippen LogP contribution in [-0.4, -0.2) is 18.6 Å². The summed E-state index contributed by atoms with van der Waals surface area (Å²) >= 11 is 3.31. The van der Waals surface area contributed by atoms with Crippen LogP contribution in [0.1, 0.15) is 11.1 Å². The topological polar surface area (TPSA) is 76.7 Å². The zero-order valence-electron chi connectivity index (χ0n) is 13.0. The number of benzene rings is 2. The molecule has 0 saturated heterocycles. The normalized spacial score (nSPS) is 9.92.